The van der Waals surface area contributed by atoms with Crippen molar-refractivity contribution in [1.29, 1.82) is 0 Å². The normalized spacial score (nSPS) is 10.3. The quantitative estimate of drug-likeness (QED) is 0.743. The molecule has 0 radical (unpaired) electrons. The van der Waals surface area contributed by atoms with E-state index in [1.807, 2.05) is 13.0 Å². The van der Waals surface area contributed by atoms with Gasteiger partial charge in [-0.15, -0.1) is 11.3 Å². The van der Waals surface area contributed by atoms with E-state index in [0.29, 0.717) is 27.7 Å². The molecule has 0 bridgehead atoms. The molecule has 0 unspecified atom stereocenters. The number of hydrogen-bond donors (Lipinski definition) is 0. The van der Waals surface area contributed by atoms with Crippen molar-refractivity contribution in [2.75, 3.05) is 21.3 Å². The van der Waals surface area contributed by atoms with Gasteiger partial charge in [-0.25, -0.2) is 0 Å². The summed E-state index contributed by atoms with van der Waals surface area (Å²) in [5, 5.41) is 0. The zero-order chi connectivity index (χ0) is 15.6. The molecule has 2 rings (SSSR count). The molecule has 21 heavy (non-hydrogen) atoms. The molecule has 0 amide bonds. The van der Waals surface area contributed by atoms with E-state index in [2.05, 4.69) is 15.9 Å². The van der Waals surface area contributed by atoms with Crippen LogP contribution in [0.4, 0.5) is 0 Å². The lowest BCUT2D eigenvalue weighted by atomic mass is 10.1. The van der Waals surface area contributed by atoms with Crippen molar-refractivity contribution >= 4 is 33.0 Å². The SMILES string of the molecule is COc1cc(C(=O)c2cc(Br)c(C)s2)cc(OC)c1OC. The van der Waals surface area contributed by atoms with Gasteiger partial charge in [-0.1, -0.05) is 0 Å². The first-order valence-electron chi connectivity index (χ1n) is 6.12. The minimum absolute atomic E-state index is 0.0759. The first-order chi connectivity index (χ1) is 10.0. The highest BCUT2D eigenvalue weighted by molar-refractivity contribution is 9.10. The van der Waals surface area contributed by atoms with Crippen LogP contribution in [0.5, 0.6) is 17.2 Å². The van der Waals surface area contributed by atoms with E-state index in [0.717, 1.165) is 9.35 Å². The van der Waals surface area contributed by atoms with E-state index in [-0.39, 0.29) is 5.78 Å². The summed E-state index contributed by atoms with van der Waals surface area (Å²) in [6.07, 6.45) is 0. The third-order valence-electron chi connectivity index (χ3n) is 3.01. The Kier molecular flexibility index (Phi) is 4.90. The van der Waals surface area contributed by atoms with Gasteiger partial charge in [-0.3, -0.25) is 4.79 Å². The highest BCUT2D eigenvalue weighted by Gasteiger charge is 2.19. The second-order valence-corrected chi connectivity index (χ2v) is 6.37. The van der Waals surface area contributed by atoms with Gasteiger partial charge in [0.2, 0.25) is 11.5 Å². The van der Waals surface area contributed by atoms with Gasteiger partial charge in [-0.05, 0) is 41.1 Å². The fraction of sp³-hybridized carbons (Fsp3) is 0.267. The first kappa shape index (κ1) is 15.9. The van der Waals surface area contributed by atoms with Crippen LogP contribution in [0.3, 0.4) is 0 Å². The van der Waals surface area contributed by atoms with Gasteiger partial charge in [-0.2, -0.15) is 0 Å². The van der Waals surface area contributed by atoms with Crippen molar-refractivity contribution in [3.8, 4) is 17.2 Å². The molecule has 0 spiro atoms. The average molecular weight is 371 g/mol. The fourth-order valence-corrected chi connectivity index (χ4v) is 3.42. The summed E-state index contributed by atoms with van der Waals surface area (Å²) in [6, 6.07) is 5.14. The van der Waals surface area contributed by atoms with Crippen LogP contribution in [0.25, 0.3) is 0 Å². The number of hydrogen-bond acceptors (Lipinski definition) is 5. The van der Waals surface area contributed by atoms with E-state index in [9.17, 15) is 4.79 Å². The van der Waals surface area contributed by atoms with Crippen LogP contribution in [0, 0.1) is 6.92 Å². The Hall–Kier alpha value is -1.53. The van der Waals surface area contributed by atoms with E-state index < -0.39 is 0 Å². The lowest BCUT2D eigenvalue weighted by Gasteiger charge is -2.13. The predicted octanol–water partition coefficient (Wildman–Crippen LogP) is 4.08. The monoisotopic (exact) mass is 370 g/mol. The summed E-state index contributed by atoms with van der Waals surface area (Å²) >= 11 is 4.87. The highest BCUT2D eigenvalue weighted by Crippen LogP contribution is 2.39. The van der Waals surface area contributed by atoms with Crippen LogP contribution < -0.4 is 14.2 Å². The number of methoxy groups -OCH3 is 3. The number of carbonyl (C=O) groups is 1. The van der Waals surface area contributed by atoms with E-state index in [1.165, 1.54) is 32.7 Å². The number of thiophene rings is 1. The molecule has 1 aromatic carbocycles. The van der Waals surface area contributed by atoms with Crippen LogP contribution in [-0.2, 0) is 0 Å². The third kappa shape index (κ3) is 3.06. The summed E-state index contributed by atoms with van der Waals surface area (Å²) in [6.45, 7) is 1.96. The molecule has 0 saturated carbocycles. The number of carbonyl (C=O) groups excluding carboxylic acids is 1. The summed E-state index contributed by atoms with van der Waals surface area (Å²) < 4.78 is 16.7. The maximum absolute atomic E-state index is 12.6. The van der Waals surface area contributed by atoms with Gasteiger partial charge in [0.15, 0.2) is 11.5 Å². The van der Waals surface area contributed by atoms with E-state index >= 15 is 0 Å². The van der Waals surface area contributed by atoms with Gasteiger partial charge in [0.25, 0.3) is 0 Å². The number of halogens is 1. The molecule has 0 N–H and O–H groups in total. The van der Waals surface area contributed by atoms with Crippen molar-refractivity contribution in [3.63, 3.8) is 0 Å². The number of ketones is 1. The number of benzene rings is 1. The highest BCUT2D eigenvalue weighted by atomic mass is 79.9. The minimum Gasteiger partial charge on any atom is -0.493 e. The smallest absolute Gasteiger partial charge is 0.203 e. The van der Waals surface area contributed by atoms with E-state index in [1.54, 1.807) is 12.1 Å². The van der Waals surface area contributed by atoms with Crippen LogP contribution in [0.2, 0.25) is 0 Å². The molecule has 0 aliphatic rings. The average Bonchev–Trinajstić information content (AvgIpc) is 2.84. The molecule has 1 aromatic heterocycles. The minimum atomic E-state index is -0.0759. The maximum Gasteiger partial charge on any atom is 0.203 e. The van der Waals surface area contributed by atoms with Crippen molar-refractivity contribution < 1.29 is 19.0 Å². The zero-order valence-electron chi connectivity index (χ0n) is 12.2. The molecule has 0 saturated heterocycles. The number of aryl methyl sites for hydroxylation is 1. The molecular formula is C15H15BrO4S. The van der Waals surface area contributed by atoms with Gasteiger partial charge < -0.3 is 14.2 Å². The molecule has 0 atom stereocenters. The topological polar surface area (TPSA) is 44.8 Å². The fourth-order valence-electron chi connectivity index (χ4n) is 1.93. The van der Waals surface area contributed by atoms with E-state index in [4.69, 9.17) is 14.2 Å². The Morgan fingerprint density at radius 2 is 1.62 bits per heavy atom. The molecule has 0 aliphatic carbocycles. The van der Waals surface area contributed by atoms with Crippen LogP contribution in [-0.4, -0.2) is 27.1 Å². The molecule has 2 aromatic rings. The summed E-state index contributed by atoms with van der Waals surface area (Å²) in [4.78, 5) is 14.3. The second kappa shape index (κ2) is 6.49. The Morgan fingerprint density at radius 1 is 1.05 bits per heavy atom. The molecule has 4 nitrogen and oxygen atoms in total. The summed E-state index contributed by atoms with van der Waals surface area (Å²) in [5.41, 5.74) is 0.498. The second-order valence-electron chi connectivity index (χ2n) is 4.26. The van der Waals surface area contributed by atoms with Gasteiger partial charge >= 0.3 is 0 Å². The molecular weight excluding hydrogens is 356 g/mol. The standard InChI is InChI=1S/C15H15BrO4S/c1-8-10(16)7-13(21-8)14(17)9-5-11(18-2)15(20-4)12(6-9)19-3/h5-7H,1-4H3. The Balaban J connectivity index is 2.50. The Labute approximate surface area is 135 Å². The van der Waals surface area contributed by atoms with Crippen LogP contribution in [0.1, 0.15) is 20.1 Å². The maximum atomic E-state index is 12.6. The van der Waals surface area contributed by atoms with Gasteiger partial charge in [0, 0.05) is 14.9 Å². The van der Waals surface area contributed by atoms with Crippen molar-refractivity contribution in [1.82, 2.24) is 0 Å². The lowest BCUT2D eigenvalue weighted by molar-refractivity contribution is 0.104. The Morgan fingerprint density at radius 3 is 2.00 bits per heavy atom. The zero-order valence-corrected chi connectivity index (χ0v) is 14.6. The van der Waals surface area contributed by atoms with Crippen LogP contribution >= 0.6 is 27.3 Å². The molecule has 0 fully saturated rings. The summed E-state index contributed by atoms with van der Waals surface area (Å²) in [7, 11) is 4.58. The van der Waals surface area contributed by atoms with Gasteiger partial charge in [0.05, 0.1) is 26.2 Å². The molecule has 6 heteroatoms. The third-order valence-corrected chi connectivity index (χ3v) is 5.14. The largest absolute Gasteiger partial charge is 0.493 e. The lowest BCUT2D eigenvalue weighted by Crippen LogP contribution is -2.02. The summed E-state index contributed by atoms with van der Waals surface area (Å²) in [5.74, 6) is 1.33. The molecule has 1 heterocycles. The van der Waals surface area contributed by atoms with Crippen LogP contribution in [0.15, 0.2) is 22.7 Å². The molecule has 0 aliphatic heterocycles. The predicted molar refractivity (Wildman–Crippen MR) is 86.3 cm³/mol. The Bertz CT molecular complexity index is 634. The number of ether oxygens (including phenoxy) is 3. The molecule has 112 valence electrons. The van der Waals surface area contributed by atoms with Crippen molar-refractivity contribution in [2.24, 2.45) is 0 Å². The van der Waals surface area contributed by atoms with Crippen molar-refractivity contribution in [3.05, 3.63) is 38.0 Å². The number of rotatable bonds is 5. The first-order valence-corrected chi connectivity index (χ1v) is 7.73. The van der Waals surface area contributed by atoms with Crippen molar-refractivity contribution in [2.45, 2.75) is 6.92 Å². The van der Waals surface area contributed by atoms with Gasteiger partial charge in [0.1, 0.15) is 0 Å².